The molecule has 1 heterocycles. The lowest BCUT2D eigenvalue weighted by molar-refractivity contribution is -0.148. The Hall–Kier alpha value is -3.15. The Morgan fingerprint density at radius 3 is 2.75 bits per heavy atom. The predicted octanol–water partition coefficient (Wildman–Crippen LogP) is 3.91. The van der Waals surface area contributed by atoms with Gasteiger partial charge in [0, 0.05) is 5.56 Å². The van der Waals surface area contributed by atoms with Crippen LogP contribution in [0.1, 0.15) is 35.9 Å². The molecule has 144 valence electrons. The molecule has 3 aromatic rings. The van der Waals surface area contributed by atoms with Crippen molar-refractivity contribution >= 4 is 5.97 Å². The highest BCUT2D eigenvalue weighted by molar-refractivity contribution is 5.71. The van der Waals surface area contributed by atoms with E-state index < -0.39 is 5.97 Å². The molecule has 0 saturated carbocycles. The van der Waals surface area contributed by atoms with E-state index in [1.165, 1.54) is 23.1 Å². The minimum absolute atomic E-state index is 0.0770. The van der Waals surface area contributed by atoms with E-state index in [1.54, 1.807) is 0 Å². The zero-order valence-electron chi connectivity index (χ0n) is 15.8. The molecule has 0 spiro atoms. The summed E-state index contributed by atoms with van der Waals surface area (Å²) in [7, 11) is 0. The number of ether oxygens (including phenoxy) is 2. The van der Waals surface area contributed by atoms with Gasteiger partial charge in [-0.15, -0.1) is 0 Å². The number of carbonyl (C=O) groups is 1. The summed E-state index contributed by atoms with van der Waals surface area (Å²) in [6, 6.07) is 13.9. The van der Waals surface area contributed by atoms with Crippen LogP contribution in [0.3, 0.4) is 0 Å². The van der Waals surface area contributed by atoms with Crippen LogP contribution in [-0.2, 0) is 35.4 Å². The largest absolute Gasteiger partial charge is 0.482 e. The van der Waals surface area contributed by atoms with Crippen molar-refractivity contribution in [3.63, 3.8) is 0 Å². The molecule has 28 heavy (non-hydrogen) atoms. The quantitative estimate of drug-likeness (QED) is 0.580. The molecule has 6 nitrogen and oxygen atoms in total. The first-order valence-electron chi connectivity index (χ1n) is 9.53. The van der Waals surface area contributed by atoms with E-state index in [0.717, 1.165) is 24.8 Å². The fourth-order valence-electron chi connectivity index (χ4n) is 3.28. The van der Waals surface area contributed by atoms with Crippen LogP contribution in [-0.4, -0.2) is 22.7 Å². The Balaban J connectivity index is 1.27. The molecule has 4 rings (SSSR count). The number of hydrogen-bond acceptors (Lipinski definition) is 6. The van der Waals surface area contributed by atoms with Crippen LogP contribution in [0.5, 0.6) is 5.75 Å². The monoisotopic (exact) mass is 378 g/mol. The Kier molecular flexibility index (Phi) is 5.37. The summed E-state index contributed by atoms with van der Waals surface area (Å²) in [5.41, 5.74) is 4.77. The first kappa shape index (κ1) is 18.2. The molecule has 0 amide bonds. The Morgan fingerprint density at radius 1 is 1.11 bits per heavy atom. The van der Waals surface area contributed by atoms with Gasteiger partial charge in [-0.25, -0.2) is 4.79 Å². The van der Waals surface area contributed by atoms with Gasteiger partial charge in [-0.05, 0) is 54.5 Å². The van der Waals surface area contributed by atoms with E-state index in [9.17, 15) is 4.79 Å². The summed E-state index contributed by atoms with van der Waals surface area (Å²) < 4.78 is 15.9. The molecule has 2 aromatic carbocycles. The number of hydrogen-bond donors (Lipinski definition) is 0. The van der Waals surface area contributed by atoms with Gasteiger partial charge in [0.15, 0.2) is 13.2 Å². The molecular weight excluding hydrogens is 356 g/mol. The average Bonchev–Trinajstić information content (AvgIpc) is 3.39. The molecule has 1 aliphatic carbocycles. The van der Waals surface area contributed by atoms with Crippen molar-refractivity contribution in [3.05, 3.63) is 65.0 Å². The van der Waals surface area contributed by atoms with E-state index in [0.29, 0.717) is 11.6 Å². The summed E-state index contributed by atoms with van der Waals surface area (Å²) in [4.78, 5) is 16.2. The fraction of sp³-hybridized carbons (Fsp3) is 0.318. The maximum absolute atomic E-state index is 11.9. The highest BCUT2D eigenvalue weighted by Gasteiger charge is 2.14. The molecule has 1 aliphatic rings. The molecule has 0 bridgehead atoms. The lowest BCUT2D eigenvalue weighted by atomic mass is 10.1. The van der Waals surface area contributed by atoms with E-state index in [2.05, 4.69) is 23.1 Å². The average molecular weight is 378 g/mol. The number of fused-ring (bicyclic) bond motifs is 1. The molecule has 0 saturated heterocycles. The lowest BCUT2D eigenvalue weighted by Crippen LogP contribution is -2.15. The minimum Gasteiger partial charge on any atom is -0.482 e. The van der Waals surface area contributed by atoms with Crippen molar-refractivity contribution in [2.75, 3.05) is 6.61 Å². The first-order valence-corrected chi connectivity index (χ1v) is 9.53. The number of nitrogens with zero attached hydrogens (tertiary/aromatic N) is 2. The Morgan fingerprint density at radius 2 is 1.93 bits per heavy atom. The van der Waals surface area contributed by atoms with E-state index in [-0.39, 0.29) is 19.1 Å². The van der Waals surface area contributed by atoms with E-state index >= 15 is 0 Å². The summed E-state index contributed by atoms with van der Waals surface area (Å²) in [6.45, 7) is 1.87. The zero-order chi connectivity index (χ0) is 19.3. The van der Waals surface area contributed by atoms with Crippen molar-refractivity contribution in [1.82, 2.24) is 10.1 Å². The maximum Gasteiger partial charge on any atom is 0.344 e. The van der Waals surface area contributed by atoms with Crippen LogP contribution in [0.2, 0.25) is 0 Å². The highest BCUT2D eigenvalue weighted by Crippen LogP contribution is 2.26. The number of aryl methyl sites for hydroxylation is 3. The van der Waals surface area contributed by atoms with Gasteiger partial charge in [0.1, 0.15) is 5.75 Å². The van der Waals surface area contributed by atoms with Crippen molar-refractivity contribution in [2.24, 2.45) is 0 Å². The van der Waals surface area contributed by atoms with Crippen LogP contribution in [0.15, 0.2) is 47.0 Å². The second-order valence-corrected chi connectivity index (χ2v) is 6.80. The molecule has 6 heteroatoms. The van der Waals surface area contributed by atoms with E-state index in [4.69, 9.17) is 14.0 Å². The van der Waals surface area contributed by atoms with Crippen LogP contribution in [0.25, 0.3) is 11.4 Å². The van der Waals surface area contributed by atoms with Crippen molar-refractivity contribution in [3.8, 4) is 17.1 Å². The SMILES string of the molecule is CCc1ccc(-c2noc(COC(=O)COc3ccc4c(c3)CCC4)n2)cc1. The third-order valence-electron chi connectivity index (χ3n) is 4.87. The maximum atomic E-state index is 11.9. The van der Waals surface area contributed by atoms with Crippen molar-refractivity contribution in [1.29, 1.82) is 0 Å². The first-order chi connectivity index (χ1) is 13.7. The Labute approximate surface area is 163 Å². The molecule has 0 radical (unpaired) electrons. The van der Waals surface area contributed by atoms with Crippen LogP contribution in [0, 0.1) is 0 Å². The highest BCUT2D eigenvalue weighted by atomic mass is 16.6. The van der Waals surface area contributed by atoms with Gasteiger partial charge in [0.25, 0.3) is 5.89 Å². The summed E-state index contributed by atoms with van der Waals surface area (Å²) in [6.07, 6.45) is 4.33. The van der Waals surface area contributed by atoms with Crippen molar-refractivity contribution in [2.45, 2.75) is 39.2 Å². The molecule has 0 N–H and O–H groups in total. The number of benzene rings is 2. The van der Waals surface area contributed by atoms with Crippen molar-refractivity contribution < 1.29 is 18.8 Å². The van der Waals surface area contributed by atoms with Gasteiger partial charge in [-0.2, -0.15) is 4.98 Å². The number of rotatable bonds is 7. The molecule has 0 aliphatic heterocycles. The van der Waals surface area contributed by atoms with Crippen LogP contribution < -0.4 is 4.74 Å². The van der Waals surface area contributed by atoms with Gasteiger partial charge in [-0.3, -0.25) is 0 Å². The van der Waals surface area contributed by atoms with Gasteiger partial charge < -0.3 is 14.0 Å². The van der Waals surface area contributed by atoms with Crippen LogP contribution >= 0.6 is 0 Å². The third kappa shape index (κ3) is 4.22. The van der Waals surface area contributed by atoms with E-state index in [1.807, 2.05) is 36.4 Å². The van der Waals surface area contributed by atoms with Gasteiger partial charge >= 0.3 is 5.97 Å². The van der Waals surface area contributed by atoms with Gasteiger partial charge in [0.05, 0.1) is 0 Å². The summed E-state index contributed by atoms with van der Waals surface area (Å²) >= 11 is 0. The second kappa shape index (κ2) is 8.25. The summed E-state index contributed by atoms with van der Waals surface area (Å²) in [5.74, 6) is 0.935. The smallest absolute Gasteiger partial charge is 0.344 e. The Bertz CT molecular complexity index is 963. The fourth-order valence-corrected chi connectivity index (χ4v) is 3.28. The molecule has 0 fully saturated rings. The number of esters is 1. The van der Waals surface area contributed by atoms with Crippen LogP contribution in [0.4, 0.5) is 0 Å². The third-order valence-corrected chi connectivity index (χ3v) is 4.87. The molecule has 0 unspecified atom stereocenters. The zero-order valence-corrected chi connectivity index (χ0v) is 15.8. The summed E-state index contributed by atoms with van der Waals surface area (Å²) in [5, 5.41) is 3.94. The normalized spacial score (nSPS) is 12.6. The molecular formula is C22H22N2O4. The standard InChI is InChI=1S/C22H22N2O4/c1-2-15-6-8-17(9-7-15)22-23-20(28-24-22)13-27-21(25)14-26-19-11-10-16-4-3-5-18(16)12-19/h6-12H,2-5,13-14H2,1H3. The molecule has 0 atom stereocenters. The lowest BCUT2D eigenvalue weighted by Gasteiger charge is -2.07. The minimum atomic E-state index is -0.479. The predicted molar refractivity (Wildman–Crippen MR) is 103 cm³/mol. The second-order valence-electron chi connectivity index (χ2n) is 6.80. The number of carbonyl (C=O) groups excluding carboxylic acids is 1. The van der Waals surface area contributed by atoms with Gasteiger partial charge in [-0.1, -0.05) is 42.4 Å². The van der Waals surface area contributed by atoms with Gasteiger partial charge in [0.2, 0.25) is 5.82 Å². The number of aromatic nitrogens is 2. The topological polar surface area (TPSA) is 74.5 Å². The molecule has 1 aromatic heterocycles.